The predicted molar refractivity (Wildman–Crippen MR) is 52.8 cm³/mol. The quantitative estimate of drug-likeness (QED) is 0.733. The first-order chi connectivity index (χ1) is 6.86. The molecular weight excluding hydrogens is 178 g/mol. The molecule has 0 aromatic carbocycles. The summed E-state index contributed by atoms with van der Waals surface area (Å²) in [4.78, 5) is 13.6. The first-order valence-corrected chi connectivity index (χ1v) is 5.15. The average Bonchev–Trinajstić information content (AvgIpc) is 2.87. The van der Waals surface area contributed by atoms with Crippen LogP contribution >= 0.6 is 0 Å². The lowest BCUT2D eigenvalue weighted by Gasteiger charge is -2.14. The summed E-state index contributed by atoms with van der Waals surface area (Å²) in [7, 11) is 0. The zero-order valence-electron chi connectivity index (χ0n) is 8.24. The fourth-order valence-electron chi connectivity index (χ4n) is 1.81. The van der Waals surface area contributed by atoms with Crippen molar-refractivity contribution in [1.29, 1.82) is 0 Å². The van der Waals surface area contributed by atoms with E-state index in [1.54, 1.807) is 12.5 Å². The summed E-state index contributed by atoms with van der Waals surface area (Å²) in [5, 5.41) is 0. The van der Waals surface area contributed by atoms with Gasteiger partial charge in [-0.1, -0.05) is 0 Å². The van der Waals surface area contributed by atoms with E-state index < -0.39 is 0 Å². The summed E-state index contributed by atoms with van der Waals surface area (Å²) < 4.78 is 4.95. The van der Waals surface area contributed by atoms with Gasteiger partial charge in [0.2, 0.25) is 5.91 Å². The second kappa shape index (κ2) is 4.31. The molecule has 0 radical (unpaired) electrons. The van der Waals surface area contributed by atoms with Crippen molar-refractivity contribution in [3.8, 4) is 0 Å². The SMILES string of the molecule is O=C(CCc1ccoc1)N1CCCC1. The minimum absolute atomic E-state index is 0.281. The molecule has 1 aromatic heterocycles. The van der Waals surface area contributed by atoms with Crippen LogP contribution in [0, 0.1) is 0 Å². The van der Waals surface area contributed by atoms with Gasteiger partial charge in [0.05, 0.1) is 12.5 Å². The van der Waals surface area contributed by atoms with E-state index in [0.717, 1.165) is 37.9 Å². The second-order valence-electron chi connectivity index (χ2n) is 3.72. The number of nitrogens with zero attached hydrogens (tertiary/aromatic N) is 1. The van der Waals surface area contributed by atoms with Crippen molar-refractivity contribution in [3.05, 3.63) is 24.2 Å². The van der Waals surface area contributed by atoms with Crippen LogP contribution in [0.15, 0.2) is 23.0 Å². The standard InChI is InChI=1S/C11H15NO2/c13-11(12-6-1-2-7-12)4-3-10-5-8-14-9-10/h5,8-9H,1-4,6-7H2. The van der Waals surface area contributed by atoms with Crippen LogP contribution in [0.2, 0.25) is 0 Å². The third-order valence-corrected chi connectivity index (χ3v) is 2.67. The Hall–Kier alpha value is -1.25. The van der Waals surface area contributed by atoms with Gasteiger partial charge in [0, 0.05) is 19.5 Å². The number of aryl methyl sites for hydroxylation is 1. The van der Waals surface area contributed by atoms with Crippen molar-refractivity contribution < 1.29 is 9.21 Å². The highest BCUT2D eigenvalue weighted by Crippen LogP contribution is 2.11. The highest BCUT2D eigenvalue weighted by Gasteiger charge is 2.17. The number of rotatable bonds is 3. The third-order valence-electron chi connectivity index (χ3n) is 2.67. The van der Waals surface area contributed by atoms with E-state index in [9.17, 15) is 4.79 Å². The maximum absolute atomic E-state index is 11.6. The molecule has 1 aliphatic heterocycles. The monoisotopic (exact) mass is 193 g/mol. The van der Waals surface area contributed by atoms with Crippen LogP contribution in [-0.4, -0.2) is 23.9 Å². The van der Waals surface area contributed by atoms with E-state index in [0.29, 0.717) is 6.42 Å². The van der Waals surface area contributed by atoms with Crippen LogP contribution in [-0.2, 0) is 11.2 Å². The fraction of sp³-hybridized carbons (Fsp3) is 0.545. The Morgan fingerprint density at radius 2 is 2.21 bits per heavy atom. The predicted octanol–water partition coefficient (Wildman–Crippen LogP) is 1.83. The lowest BCUT2D eigenvalue weighted by atomic mass is 10.2. The minimum Gasteiger partial charge on any atom is -0.472 e. The highest BCUT2D eigenvalue weighted by molar-refractivity contribution is 5.76. The average molecular weight is 193 g/mol. The van der Waals surface area contributed by atoms with Gasteiger partial charge in [-0.3, -0.25) is 4.79 Å². The van der Waals surface area contributed by atoms with Crippen LogP contribution in [0.4, 0.5) is 0 Å². The molecule has 0 unspecified atom stereocenters. The van der Waals surface area contributed by atoms with Crippen molar-refractivity contribution in [2.24, 2.45) is 0 Å². The summed E-state index contributed by atoms with van der Waals surface area (Å²) in [6.45, 7) is 1.90. The summed E-state index contributed by atoms with van der Waals surface area (Å²) in [5.74, 6) is 0.281. The minimum atomic E-state index is 0.281. The highest BCUT2D eigenvalue weighted by atomic mass is 16.3. The van der Waals surface area contributed by atoms with Crippen LogP contribution < -0.4 is 0 Å². The molecule has 3 nitrogen and oxygen atoms in total. The van der Waals surface area contributed by atoms with E-state index in [1.807, 2.05) is 11.0 Å². The molecule has 1 aromatic rings. The van der Waals surface area contributed by atoms with Gasteiger partial charge in [0.15, 0.2) is 0 Å². The molecule has 3 heteroatoms. The number of carbonyl (C=O) groups is 1. The molecule has 1 amide bonds. The van der Waals surface area contributed by atoms with Crippen molar-refractivity contribution >= 4 is 5.91 Å². The molecule has 0 aliphatic carbocycles. The maximum Gasteiger partial charge on any atom is 0.222 e. The number of hydrogen-bond acceptors (Lipinski definition) is 2. The molecule has 0 bridgehead atoms. The van der Waals surface area contributed by atoms with E-state index in [-0.39, 0.29) is 5.91 Å². The summed E-state index contributed by atoms with van der Waals surface area (Å²) in [5.41, 5.74) is 1.11. The summed E-state index contributed by atoms with van der Waals surface area (Å²) in [6.07, 6.45) is 7.09. The van der Waals surface area contributed by atoms with Crippen LogP contribution in [0.5, 0.6) is 0 Å². The first-order valence-electron chi connectivity index (χ1n) is 5.15. The molecule has 2 heterocycles. The van der Waals surface area contributed by atoms with Crippen LogP contribution in [0.1, 0.15) is 24.8 Å². The van der Waals surface area contributed by atoms with Gasteiger partial charge in [-0.05, 0) is 30.9 Å². The Labute approximate surface area is 83.7 Å². The Bertz CT molecular complexity index is 286. The molecule has 2 rings (SSSR count). The lowest BCUT2D eigenvalue weighted by molar-refractivity contribution is -0.130. The number of hydrogen-bond donors (Lipinski definition) is 0. The topological polar surface area (TPSA) is 33.5 Å². The van der Waals surface area contributed by atoms with Gasteiger partial charge in [0.1, 0.15) is 0 Å². The van der Waals surface area contributed by atoms with Crippen LogP contribution in [0.3, 0.4) is 0 Å². The number of likely N-dealkylation sites (tertiary alicyclic amines) is 1. The van der Waals surface area contributed by atoms with Gasteiger partial charge in [0.25, 0.3) is 0 Å². The zero-order valence-corrected chi connectivity index (χ0v) is 8.24. The van der Waals surface area contributed by atoms with E-state index >= 15 is 0 Å². The number of furan rings is 1. The molecule has 0 N–H and O–H groups in total. The molecule has 0 atom stereocenters. The Kier molecular flexibility index (Phi) is 2.87. The maximum atomic E-state index is 11.6. The van der Waals surface area contributed by atoms with Crippen molar-refractivity contribution in [1.82, 2.24) is 4.90 Å². The second-order valence-corrected chi connectivity index (χ2v) is 3.72. The number of amides is 1. The first kappa shape index (κ1) is 9.31. The summed E-state index contributed by atoms with van der Waals surface area (Å²) in [6, 6.07) is 1.91. The molecule has 76 valence electrons. The Morgan fingerprint density at radius 3 is 2.86 bits per heavy atom. The fourth-order valence-corrected chi connectivity index (χ4v) is 1.81. The van der Waals surface area contributed by atoms with Crippen LogP contribution in [0.25, 0.3) is 0 Å². The Balaban J connectivity index is 1.77. The van der Waals surface area contributed by atoms with E-state index in [1.165, 1.54) is 0 Å². The van der Waals surface area contributed by atoms with Gasteiger partial charge >= 0.3 is 0 Å². The smallest absolute Gasteiger partial charge is 0.222 e. The van der Waals surface area contributed by atoms with E-state index in [2.05, 4.69) is 0 Å². The number of carbonyl (C=O) groups excluding carboxylic acids is 1. The molecular formula is C11H15NO2. The molecule has 0 saturated carbocycles. The summed E-state index contributed by atoms with van der Waals surface area (Å²) >= 11 is 0. The van der Waals surface area contributed by atoms with Gasteiger partial charge in [-0.15, -0.1) is 0 Å². The van der Waals surface area contributed by atoms with Crippen molar-refractivity contribution in [2.75, 3.05) is 13.1 Å². The molecule has 14 heavy (non-hydrogen) atoms. The Morgan fingerprint density at radius 1 is 1.43 bits per heavy atom. The van der Waals surface area contributed by atoms with Gasteiger partial charge < -0.3 is 9.32 Å². The van der Waals surface area contributed by atoms with Crippen molar-refractivity contribution in [2.45, 2.75) is 25.7 Å². The lowest BCUT2D eigenvalue weighted by Crippen LogP contribution is -2.27. The zero-order chi connectivity index (χ0) is 9.80. The molecule has 1 fully saturated rings. The third kappa shape index (κ3) is 2.16. The van der Waals surface area contributed by atoms with E-state index in [4.69, 9.17) is 4.42 Å². The van der Waals surface area contributed by atoms with Gasteiger partial charge in [-0.25, -0.2) is 0 Å². The largest absolute Gasteiger partial charge is 0.472 e. The normalized spacial score (nSPS) is 16.1. The van der Waals surface area contributed by atoms with Crippen molar-refractivity contribution in [3.63, 3.8) is 0 Å². The molecule has 1 aliphatic rings. The molecule has 0 spiro atoms. The van der Waals surface area contributed by atoms with Gasteiger partial charge in [-0.2, -0.15) is 0 Å². The molecule has 1 saturated heterocycles.